The number of hydrogen-bond donors (Lipinski definition) is 3. The van der Waals surface area contributed by atoms with E-state index in [9.17, 15) is 9.59 Å². The van der Waals surface area contributed by atoms with Crippen LogP contribution >= 0.6 is 0 Å². The van der Waals surface area contributed by atoms with Crippen molar-refractivity contribution in [3.05, 3.63) is 29.8 Å². The van der Waals surface area contributed by atoms with Gasteiger partial charge < -0.3 is 21.1 Å². The lowest BCUT2D eigenvalue weighted by atomic mass is 10.0. The molecule has 2 amide bonds. The van der Waals surface area contributed by atoms with Gasteiger partial charge in [0.2, 0.25) is 11.8 Å². The monoisotopic (exact) mass is 291 g/mol. The second-order valence-corrected chi connectivity index (χ2v) is 5.14. The van der Waals surface area contributed by atoms with Crippen LogP contribution in [0.15, 0.2) is 24.3 Å². The highest BCUT2D eigenvalue weighted by molar-refractivity contribution is 5.93. The topological polar surface area (TPSA) is 93.4 Å². The molecule has 114 valence electrons. The van der Waals surface area contributed by atoms with Crippen molar-refractivity contribution >= 4 is 17.5 Å². The summed E-state index contributed by atoms with van der Waals surface area (Å²) in [7, 11) is 0. The maximum atomic E-state index is 12.3. The molecule has 1 fully saturated rings. The second-order valence-electron chi connectivity index (χ2n) is 5.14. The van der Waals surface area contributed by atoms with Gasteiger partial charge in [-0.15, -0.1) is 0 Å². The van der Waals surface area contributed by atoms with E-state index in [1.54, 1.807) is 24.3 Å². The molecule has 0 saturated carbocycles. The van der Waals surface area contributed by atoms with Crippen LogP contribution in [-0.2, 0) is 20.7 Å². The van der Waals surface area contributed by atoms with E-state index in [2.05, 4.69) is 10.6 Å². The van der Waals surface area contributed by atoms with E-state index in [-0.39, 0.29) is 30.2 Å². The molecule has 1 aromatic rings. The van der Waals surface area contributed by atoms with Crippen molar-refractivity contribution < 1.29 is 14.3 Å². The number of hydrogen-bond acceptors (Lipinski definition) is 4. The highest BCUT2D eigenvalue weighted by Gasteiger charge is 2.33. The zero-order valence-corrected chi connectivity index (χ0v) is 12.1. The first-order valence-electron chi connectivity index (χ1n) is 7.09. The Morgan fingerprint density at radius 2 is 2.00 bits per heavy atom. The van der Waals surface area contributed by atoms with Gasteiger partial charge in [0.15, 0.2) is 0 Å². The lowest BCUT2D eigenvalue weighted by molar-refractivity contribution is -0.120. The molecule has 0 radical (unpaired) electrons. The first kappa shape index (κ1) is 15.5. The van der Waals surface area contributed by atoms with Gasteiger partial charge in [-0.3, -0.25) is 9.59 Å². The molecule has 6 heteroatoms. The lowest BCUT2D eigenvalue weighted by Gasteiger charge is -2.17. The molecule has 6 nitrogen and oxygen atoms in total. The molecule has 1 saturated heterocycles. The van der Waals surface area contributed by atoms with Crippen molar-refractivity contribution in [1.29, 1.82) is 0 Å². The average molecular weight is 291 g/mol. The minimum atomic E-state index is -0.372. The largest absolute Gasteiger partial charge is 0.379 e. The molecule has 2 atom stereocenters. The number of benzene rings is 1. The number of amides is 2. The Bertz CT molecular complexity index is 501. The summed E-state index contributed by atoms with van der Waals surface area (Å²) in [5, 5.41) is 6.13. The van der Waals surface area contributed by atoms with Gasteiger partial charge in [-0.2, -0.15) is 0 Å². The van der Waals surface area contributed by atoms with Crippen LogP contribution in [0.3, 0.4) is 0 Å². The molecule has 1 heterocycles. The van der Waals surface area contributed by atoms with Crippen molar-refractivity contribution in [3.8, 4) is 0 Å². The van der Waals surface area contributed by atoms with Crippen LogP contribution in [0.4, 0.5) is 5.69 Å². The van der Waals surface area contributed by atoms with Crippen LogP contribution in [0.1, 0.15) is 12.5 Å². The van der Waals surface area contributed by atoms with Crippen LogP contribution < -0.4 is 16.4 Å². The maximum Gasteiger partial charge on any atom is 0.231 e. The van der Waals surface area contributed by atoms with E-state index < -0.39 is 0 Å². The van der Waals surface area contributed by atoms with E-state index >= 15 is 0 Å². The first-order chi connectivity index (χ1) is 10.1. The first-order valence-corrected chi connectivity index (χ1v) is 7.09. The van der Waals surface area contributed by atoms with Gasteiger partial charge in [0.05, 0.1) is 25.6 Å². The zero-order valence-electron chi connectivity index (χ0n) is 12.1. The van der Waals surface area contributed by atoms with Gasteiger partial charge >= 0.3 is 0 Å². The Hall–Kier alpha value is -1.92. The van der Waals surface area contributed by atoms with Crippen LogP contribution in [0.25, 0.3) is 0 Å². The van der Waals surface area contributed by atoms with E-state index in [0.717, 1.165) is 12.1 Å². The summed E-state index contributed by atoms with van der Waals surface area (Å²) in [6.07, 6.45) is 0.202. The summed E-state index contributed by atoms with van der Waals surface area (Å²) in [5.74, 6) is -0.611. The number of primary amides is 1. The SMILES string of the molecule is CCNC1COCC1C(=O)Nc1ccc(CC(N)=O)cc1. The molecule has 2 unspecified atom stereocenters. The van der Waals surface area contributed by atoms with Gasteiger partial charge in [-0.1, -0.05) is 19.1 Å². The molecule has 0 aromatic heterocycles. The fourth-order valence-electron chi connectivity index (χ4n) is 2.42. The fourth-order valence-corrected chi connectivity index (χ4v) is 2.42. The predicted molar refractivity (Wildman–Crippen MR) is 79.7 cm³/mol. The number of ether oxygens (including phenoxy) is 1. The number of rotatable bonds is 6. The minimum Gasteiger partial charge on any atom is -0.379 e. The number of carbonyl (C=O) groups excluding carboxylic acids is 2. The minimum absolute atomic E-state index is 0.0545. The summed E-state index contributed by atoms with van der Waals surface area (Å²) in [6.45, 7) is 3.80. The van der Waals surface area contributed by atoms with Crippen molar-refractivity contribution in [1.82, 2.24) is 5.32 Å². The molecule has 1 aliphatic rings. The van der Waals surface area contributed by atoms with Gasteiger partial charge in [0, 0.05) is 11.7 Å². The van der Waals surface area contributed by atoms with Crippen molar-refractivity contribution in [3.63, 3.8) is 0 Å². The Morgan fingerprint density at radius 1 is 1.29 bits per heavy atom. The molecule has 1 aromatic carbocycles. The summed E-state index contributed by atoms with van der Waals surface area (Å²) in [4.78, 5) is 23.1. The third-order valence-corrected chi connectivity index (χ3v) is 3.48. The zero-order chi connectivity index (χ0) is 15.2. The Morgan fingerprint density at radius 3 is 2.62 bits per heavy atom. The predicted octanol–water partition coefficient (Wildman–Crippen LogP) is 0.277. The summed E-state index contributed by atoms with van der Waals surface area (Å²) >= 11 is 0. The fraction of sp³-hybridized carbons (Fsp3) is 0.467. The Labute approximate surface area is 124 Å². The lowest BCUT2D eigenvalue weighted by Crippen LogP contribution is -2.41. The molecule has 4 N–H and O–H groups in total. The van der Waals surface area contributed by atoms with Gasteiger partial charge in [-0.25, -0.2) is 0 Å². The maximum absolute atomic E-state index is 12.3. The summed E-state index contributed by atoms with van der Waals surface area (Å²) in [6, 6.07) is 7.17. The molecular weight excluding hydrogens is 270 g/mol. The van der Waals surface area contributed by atoms with E-state index in [4.69, 9.17) is 10.5 Å². The smallest absolute Gasteiger partial charge is 0.231 e. The standard InChI is InChI=1S/C15H21N3O3/c1-2-17-13-9-21-8-12(13)15(20)18-11-5-3-10(4-6-11)7-14(16)19/h3-6,12-13,17H,2,7-9H2,1H3,(H2,16,19)(H,18,20). The molecular formula is C15H21N3O3. The van der Waals surface area contributed by atoms with Crippen LogP contribution in [-0.4, -0.2) is 37.6 Å². The third kappa shape index (κ3) is 4.27. The second kappa shape index (κ2) is 7.19. The third-order valence-electron chi connectivity index (χ3n) is 3.48. The van der Waals surface area contributed by atoms with Crippen molar-refractivity contribution in [2.45, 2.75) is 19.4 Å². The van der Waals surface area contributed by atoms with E-state index in [1.165, 1.54) is 0 Å². The van der Waals surface area contributed by atoms with Crippen LogP contribution in [0.2, 0.25) is 0 Å². The number of nitrogens with two attached hydrogens (primary N) is 1. The van der Waals surface area contributed by atoms with Crippen LogP contribution in [0, 0.1) is 5.92 Å². The molecule has 0 aliphatic carbocycles. The molecule has 1 aliphatic heterocycles. The number of carbonyl (C=O) groups is 2. The molecule has 0 bridgehead atoms. The molecule has 0 spiro atoms. The van der Waals surface area contributed by atoms with Crippen molar-refractivity contribution in [2.75, 3.05) is 25.1 Å². The highest BCUT2D eigenvalue weighted by atomic mass is 16.5. The summed E-state index contributed by atoms with van der Waals surface area (Å²) < 4.78 is 5.37. The van der Waals surface area contributed by atoms with Crippen LogP contribution in [0.5, 0.6) is 0 Å². The van der Waals surface area contributed by atoms with E-state index in [0.29, 0.717) is 18.9 Å². The highest BCUT2D eigenvalue weighted by Crippen LogP contribution is 2.17. The van der Waals surface area contributed by atoms with Crippen molar-refractivity contribution in [2.24, 2.45) is 11.7 Å². The van der Waals surface area contributed by atoms with Gasteiger partial charge in [0.1, 0.15) is 0 Å². The average Bonchev–Trinajstić information content (AvgIpc) is 2.89. The quantitative estimate of drug-likeness (QED) is 0.701. The van der Waals surface area contributed by atoms with E-state index in [1.807, 2.05) is 6.92 Å². The Kier molecular flexibility index (Phi) is 5.30. The van der Waals surface area contributed by atoms with Gasteiger partial charge in [0.25, 0.3) is 0 Å². The van der Waals surface area contributed by atoms with Gasteiger partial charge in [-0.05, 0) is 24.2 Å². The summed E-state index contributed by atoms with van der Waals surface area (Å²) in [5.41, 5.74) is 6.67. The Balaban J connectivity index is 1.94. The molecule has 21 heavy (non-hydrogen) atoms. The number of likely N-dealkylation sites (N-methyl/N-ethyl adjacent to an activating group) is 1. The number of anilines is 1. The normalized spacial score (nSPS) is 21.2. The number of nitrogens with one attached hydrogen (secondary N) is 2. The molecule has 2 rings (SSSR count).